The second-order valence-electron chi connectivity index (χ2n) is 7.70. The van der Waals surface area contributed by atoms with Gasteiger partial charge in [0, 0.05) is 7.05 Å². The van der Waals surface area contributed by atoms with Gasteiger partial charge in [0.25, 0.3) is 11.5 Å². The van der Waals surface area contributed by atoms with Crippen LogP contribution in [0.5, 0.6) is 0 Å². The third-order valence-corrected chi connectivity index (χ3v) is 5.78. The van der Waals surface area contributed by atoms with Gasteiger partial charge in [-0.05, 0) is 50.2 Å². The summed E-state index contributed by atoms with van der Waals surface area (Å²) >= 11 is 6.32. The lowest BCUT2D eigenvalue weighted by molar-refractivity contribution is -0.119. The van der Waals surface area contributed by atoms with Gasteiger partial charge in [-0.2, -0.15) is 5.10 Å². The lowest BCUT2D eigenvalue weighted by Crippen LogP contribution is -2.26. The highest BCUT2D eigenvalue weighted by Crippen LogP contribution is 2.24. The SMILES string of the molecule is Cc1nn(-c2ccc(F)cc2)c(Cl)c1C(=O)OCC(=O)Nc1c(C)n(C)n(-c2ccccc2)c1=O. The van der Waals surface area contributed by atoms with E-state index in [9.17, 15) is 18.8 Å². The van der Waals surface area contributed by atoms with E-state index in [-0.39, 0.29) is 22.1 Å². The molecule has 180 valence electrons. The first-order valence-electron chi connectivity index (χ1n) is 10.5. The van der Waals surface area contributed by atoms with Gasteiger partial charge >= 0.3 is 5.97 Å². The summed E-state index contributed by atoms with van der Waals surface area (Å²) in [5.74, 6) is -1.98. The Hall–Kier alpha value is -4.18. The van der Waals surface area contributed by atoms with Crippen LogP contribution in [0.4, 0.5) is 10.1 Å². The fraction of sp³-hybridized carbons (Fsp3) is 0.167. The second kappa shape index (κ2) is 9.59. The first-order valence-corrected chi connectivity index (χ1v) is 10.9. The molecule has 2 aromatic carbocycles. The molecular weight excluding hydrogens is 477 g/mol. The number of carbonyl (C=O) groups is 2. The molecule has 0 aliphatic heterocycles. The highest BCUT2D eigenvalue weighted by Gasteiger charge is 2.24. The Morgan fingerprint density at radius 1 is 1.06 bits per heavy atom. The van der Waals surface area contributed by atoms with Gasteiger partial charge in [0.1, 0.15) is 22.2 Å². The second-order valence-corrected chi connectivity index (χ2v) is 8.06. The van der Waals surface area contributed by atoms with E-state index in [4.69, 9.17) is 16.3 Å². The van der Waals surface area contributed by atoms with E-state index in [0.29, 0.717) is 17.1 Å². The van der Waals surface area contributed by atoms with Gasteiger partial charge < -0.3 is 10.1 Å². The van der Waals surface area contributed by atoms with Crippen molar-refractivity contribution < 1.29 is 18.7 Å². The third kappa shape index (κ3) is 4.60. The lowest BCUT2D eigenvalue weighted by Gasteiger charge is -2.07. The fourth-order valence-corrected chi connectivity index (χ4v) is 3.92. The Kier molecular flexibility index (Phi) is 6.57. The smallest absolute Gasteiger partial charge is 0.343 e. The van der Waals surface area contributed by atoms with E-state index >= 15 is 0 Å². The molecule has 0 saturated heterocycles. The van der Waals surface area contributed by atoms with Gasteiger partial charge in [-0.15, -0.1) is 0 Å². The molecule has 0 radical (unpaired) electrons. The molecule has 0 atom stereocenters. The molecular formula is C24H21ClFN5O4. The van der Waals surface area contributed by atoms with Crippen molar-refractivity contribution in [1.29, 1.82) is 0 Å². The summed E-state index contributed by atoms with van der Waals surface area (Å²) in [6.07, 6.45) is 0. The van der Waals surface area contributed by atoms with Crippen molar-refractivity contribution in [3.05, 3.63) is 92.9 Å². The van der Waals surface area contributed by atoms with E-state index in [0.717, 1.165) is 0 Å². The average molecular weight is 498 g/mol. The van der Waals surface area contributed by atoms with Gasteiger partial charge in [0.2, 0.25) is 0 Å². The van der Waals surface area contributed by atoms with Crippen LogP contribution in [0, 0.1) is 19.7 Å². The summed E-state index contributed by atoms with van der Waals surface area (Å²) in [6.45, 7) is 2.60. The molecule has 0 bridgehead atoms. The van der Waals surface area contributed by atoms with Gasteiger partial charge in [-0.3, -0.25) is 14.3 Å². The summed E-state index contributed by atoms with van der Waals surface area (Å²) < 4.78 is 22.6. The van der Waals surface area contributed by atoms with Gasteiger partial charge in [0.05, 0.1) is 22.8 Å². The topological polar surface area (TPSA) is 100 Å². The van der Waals surface area contributed by atoms with Crippen molar-refractivity contribution in [2.75, 3.05) is 11.9 Å². The van der Waals surface area contributed by atoms with Crippen molar-refractivity contribution in [3.63, 3.8) is 0 Å². The fourth-order valence-electron chi connectivity index (χ4n) is 3.58. The molecule has 0 spiro atoms. The predicted octanol–water partition coefficient (Wildman–Crippen LogP) is 3.57. The van der Waals surface area contributed by atoms with Crippen LogP contribution < -0.4 is 10.9 Å². The van der Waals surface area contributed by atoms with E-state index < -0.39 is 29.9 Å². The maximum Gasteiger partial charge on any atom is 0.343 e. The van der Waals surface area contributed by atoms with Crippen molar-refractivity contribution >= 4 is 29.2 Å². The molecule has 1 N–H and O–H groups in total. The van der Waals surface area contributed by atoms with Gasteiger partial charge in [-0.25, -0.2) is 18.5 Å². The normalized spacial score (nSPS) is 10.9. The quantitative estimate of drug-likeness (QED) is 0.410. The van der Waals surface area contributed by atoms with Gasteiger partial charge in [-0.1, -0.05) is 29.8 Å². The summed E-state index contributed by atoms with van der Waals surface area (Å²) in [7, 11) is 1.70. The number of rotatable bonds is 6. The number of para-hydroxylation sites is 1. The Balaban J connectivity index is 1.48. The summed E-state index contributed by atoms with van der Waals surface area (Å²) in [4.78, 5) is 38.1. The average Bonchev–Trinajstić information content (AvgIpc) is 3.25. The highest BCUT2D eigenvalue weighted by molar-refractivity contribution is 6.33. The molecule has 1 amide bonds. The molecule has 0 unspecified atom stereocenters. The first kappa shape index (κ1) is 24.0. The molecule has 35 heavy (non-hydrogen) atoms. The molecule has 2 heterocycles. The molecule has 0 aliphatic rings. The number of halogens is 2. The van der Waals surface area contributed by atoms with Gasteiger partial charge in [0.15, 0.2) is 6.61 Å². The molecule has 4 rings (SSSR count). The number of amides is 1. The number of nitrogens with one attached hydrogen (secondary N) is 1. The van der Waals surface area contributed by atoms with E-state index in [1.165, 1.54) is 33.6 Å². The van der Waals surface area contributed by atoms with E-state index in [2.05, 4.69) is 10.4 Å². The zero-order chi connectivity index (χ0) is 25.3. The maximum atomic E-state index is 13.2. The Morgan fingerprint density at radius 2 is 1.71 bits per heavy atom. The van der Waals surface area contributed by atoms with Crippen molar-refractivity contribution in [2.24, 2.45) is 7.05 Å². The van der Waals surface area contributed by atoms with Crippen LogP contribution in [0.1, 0.15) is 21.7 Å². The number of aromatic nitrogens is 4. The zero-order valence-electron chi connectivity index (χ0n) is 19.1. The number of carbonyl (C=O) groups excluding carboxylic acids is 2. The molecule has 9 nitrogen and oxygen atoms in total. The summed E-state index contributed by atoms with van der Waals surface area (Å²) in [6, 6.07) is 14.4. The Bertz CT molecular complexity index is 1470. The maximum absolute atomic E-state index is 13.2. The third-order valence-electron chi connectivity index (χ3n) is 5.43. The number of aryl methyl sites for hydroxylation is 1. The van der Waals surface area contributed by atoms with Crippen LogP contribution in [0.2, 0.25) is 5.15 Å². The van der Waals surface area contributed by atoms with Crippen LogP contribution in [-0.4, -0.2) is 37.6 Å². The molecule has 0 saturated carbocycles. The van der Waals surface area contributed by atoms with Crippen LogP contribution in [-0.2, 0) is 16.6 Å². The number of benzene rings is 2. The number of hydrogen-bond acceptors (Lipinski definition) is 5. The van der Waals surface area contributed by atoms with Crippen LogP contribution in [0.3, 0.4) is 0 Å². The van der Waals surface area contributed by atoms with E-state index in [1.54, 1.807) is 49.8 Å². The minimum atomic E-state index is -0.859. The molecule has 4 aromatic rings. The monoisotopic (exact) mass is 497 g/mol. The Labute approximate surface area is 204 Å². The van der Waals surface area contributed by atoms with Crippen molar-refractivity contribution in [1.82, 2.24) is 19.1 Å². The lowest BCUT2D eigenvalue weighted by atomic mass is 10.2. The first-order chi connectivity index (χ1) is 16.7. The van der Waals surface area contributed by atoms with Crippen LogP contribution in [0.15, 0.2) is 59.4 Å². The molecule has 0 aliphatic carbocycles. The Morgan fingerprint density at radius 3 is 2.37 bits per heavy atom. The number of hydrogen-bond donors (Lipinski definition) is 1. The summed E-state index contributed by atoms with van der Waals surface area (Å²) in [5, 5.41) is 6.69. The largest absolute Gasteiger partial charge is 0.452 e. The number of anilines is 1. The summed E-state index contributed by atoms with van der Waals surface area (Å²) in [5.41, 5.74) is 1.52. The standard InChI is InChI=1S/C24H21ClFN5O4/c1-14-20(22(25)30(28-14)17-11-9-16(26)10-12-17)24(34)35-13-19(32)27-21-15(2)29(3)31(23(21)33)18-7-5-4-6-8-18/h4-12H,13H2,1-3H3,(H,27,32). The number of ether oxygens (including phenoxy) is 1. The molecule has 11 heteroatoms. The highest BCUT2D eigenvalue weighted by atomic mass is 35.5. The van der Waals surface area contributed by atoms with Crippen LogP contribution in [0.25, 0.3) is 11.4 Å². The van der Waals surface area contributed by atoms with Crippen molar-refractivity contribution in [2.45, 2.75) is 13.8 Å². The van der Waals surface area contributed by atoms with Crippen molar-refractivity contribution in [3.8, 4) is 11.4 Å². The number of esters is 1. The minimum absolute atomic E-state index is 0.0221. The minimum Gasteiger partial charge on any atom is -0.452 e. The number of nitrogens with zero attached hydrogens (tertiary/aromatic N) is 4. The predicted molar refractivity (Wildman–Crippen MR) is 128 cm³/mol. The van der Waals surface area contributed by atoms with E-state index in [1.807, 2.05) is 6.07 Å². The van der Waals surface area contributed by atoms with Crippen LogP contribution >= 0.6 is 11.6 Å². The molecule has 0 fully saturated rings. The zero-order valence-corrected chi connectivity index (χ0v) is 19.8. The molecule has 2 aromatic heterocycles.